The van der Waals surface area contributed by atoms with Gasteiger partial charge in [0.15, 0.2) is 0 Å². The highest BCUT2D eigenvalue weighted by Crippen LogP contribution is 2.10. The molecule has 0 bridgehead atoms. The van der Waals surface area contributed by atoms with Crippen molar-refractivity contribution in [2.45, 2.75) is 19.3 Å². The second-order valence-electron chi connectivity index (χ2n) is 5.10. The molecule has 0 unspecified atom stereocenters. The van der Waals surface area contributed by atoms with Gasteiger partial charge in [-0.15, -0.1) is 0 Å². The fourth-order valence-corrected chi connectivity index (χ4v) is 2.92. The van der Waals surface area contributed by atoms with Crippen LogP contribution in [0.4, 0.5) is 0 Å². The Bertz CT molecular complexity index is 644. The molecule has 1 heterocycles. The molecule has 4 nitrogen and oxygen atoms in total. The van der Waals surface area contributed by atoms with Crippen molar-refractivity contribution in [3.8, 4) is 0 Å². The molecule has 0 aliphatic rings. The molecule has 2 amide bonds. The van der Waals surface area contributed by atoms with Gasteiger partial charge in [0.2, 0.25) is 5.91 Å². The molecule has 1 aromatic carbocycles. The van der Waals surface area contributed by atoms with Gasteiger partial charge in [0.05, 0.1) is 0 Å². The Hall–Kier alpha value is -1.85. The van der Waals surface area contributed by atoms with E-state index in [9.17, 15) is 9.59 Å². The van der Waals surface area contributed by atoms with Crippen molar-refractivity contribution in [1.29, 1.82) is 0 Å². The van der Waals surface area contributed by atoms with Crippen molar-refractivity contribution >= 4 is 34.8 Å². The largest absolute Gasteiger partial charge is 0.356 e. The summed E-state index contributed by atoms with van der Waals surface area (Å²) >= 11 is 7.40. The average molecular weight is 351 g/mol. The van der Waals surface area contributed by atoms with E-state index in [4.69, 9.17) is 11.6 Å². The van der Waals surface area contributed by atoms with Gasteiger partial charge in [0.25, 0.3) is 5.91 Å². The molecular weight excluding hydrogens is 332 g/mol. The average Bonchev–Trinajstić information content (AvgIpc) is 3.06. The SMILES string of the molecule is O=C(CCCNC(=O)c1ccsc1)NCCc1cccc(Cl)c1. The summed E-state index contributed by atoms with van der Waals surface area (Å²) in [6.45, 7) is 1.08. The Balaban J connectivity index is 1.56. The van der Waals surface area contributed by atoms with Gasteiger partial charge in [0.1, 0.15) is 0 Å². The molecular formula is C17H19ClN2O2S. The summed E-state index contributed by atoms with van der Waals surface area (Å²) in [7, 11) is 0. The molecule has 0 aliphatic carbocycles. The van der Waals surface area contributed by atoms with Crippen LogP contribution in [0.3, 0.4) is 0 Å². The number of amides is 2. The summed E-state index contributed by atoms with van der Waals surface area (Å²) < 4.78 is 0. The van der Waals surface area contributed by atoms with E-state index in [1.807, 2.05) is 29.6 Å². The molecule has 2 aromatic rings. The van der Waals surface area contributed by atoms with E-state index in [1.165, 1.54) is 11.3 Å². The number of thiophene rings is 1. The van der Waals surface area contributed by atoms with Crippen molar-refractivity contribution in [3.63, 3.8) is 0 Å². The van der Waals surface area contributed by atoms with Crippen molar-refractivity contribution < 1.29 is 9.59 Å². The summed E-state index contributed by atoms with van der Waals surface area (Å²) in [6.07, 6.45) is 1.78. The van der Waals surface area contributed by atoms with Crippen LogP contribution < -0.4 is 10.6 Å². The highest BCUT2D eigenvalue weighted by Gasteiger charge is 2.05. The van der Waals surface area contributed by atoms with E-state index in [2.05, 4.69) is 10.6 Å². The van der Waals surface area contributed by atoms with Gasteiger partial charge in [-0.1, -0.05) is 23.7 Å². The second-order valence-corrected chi connectivity index (χ2v) is 6.32. The Morgan fingerprint density at radius 3 is 2.74 bits per heavy atom. The molecule has 122 valence electrons. The van der Waals surface area contributed by atoms with E-state index in [0.29, 0.717) is 36.5 Å². The van der Waals surface area contributed by atoms with Crippen LogP contribution in [0, 0.1) is 0 Å². The molecule has 2 N–H and O–H groups in total. The minimum atomic E-state index is -0.0902. The molecule has 1 aromatic heterocycles. The molecule has 6 heteroatoms. The zero-order valence-corrected chi connectivity index (χ0v) is 14.3. The first-order valence-corrected chi connectivity index (χ1v) is 8.79. The van der Waals surface area contributed by atoms with E-state index < -0.39 is 0 Å². The second kappa shape index (κ2) is 9.33. The number of hydrogen-bond donors (Lipinski definition) is 2. The molecule has 2 rings (SSSR count). The lowest BCUT2D eigenvalue weighted by Crippen LogP contribution is -2.28. The summed E-state index contributed by atoms with van der Waals surface area (Å²) in [6, 6.07) is 9.39. The van der Waals surface area contributed by atoms with E-state index in [-0.39, 0.29) is 11.8 Å². The lowest BCUT2D eigenvalue weighted by Gasteiger charge is -2.06. The van der Waals surface area contributed by atoms with Crippen LogP contribution >= 0.6 is 22.9 Å². The number of hydrogen-bond acceptors (Lipinski definition) is 3. The van der Waals surface area contributed by atoms with Crippen molar-refractivity contribution in [2.75, 3.05) is 13.1 Å². The zero-order valence-electron chi connectivity index (χ0n) is 12.7. The first-order chi connectivity index (χ1) is 11.1. The number of nitrogens with one attached hydrogen (secondary N) is 2. The first-order valence-electron chi connectivity index (χ1n) is 7.46. The quantitative estimate of drug-likeness (QED) is 0.718. The van der Waals surface area contributed by atoms with E-state index >= 15 is 0 Å². The van der Waals surface area contributed by atoms with Gasteiger partial charge in [0, 0.05) is 35.5 Å². The minimum absolute atomic E-state index is 0.00295. The maximum Gasteiger partial charge on any atom is 0.252 e. The number of benzene rings is 1. The Morgan fingerprint density at radius 1 is 1.13 bits per heavy atom. The number of halogens is 1. The molecule has 0 saturated heterocycles. The van der Waals surface area contributed by atoms with E-state index in [1.54, 1.807) is 11.4 Å². The topological polar surface area (TPSA) is 58.2 Å². The van der Waals surface area contributed by atoms with Gasteiger partial charge < -0.3 is 10.6 Å². The third-order valence-corrected chi connectivity index (χ3v) is 4.19. The molecule has 0 radical (unpaired) electrons. The van der Waals surface area contributed by atoms with Crippen LogP contribution in [-0.2, 0) is 11.2 Å². The maximum atomic E-state index is 11.7. The lowest BCUT2D eigenvalue weighted by atomic mass is 10.1. The van der Waals surface area contributed by atoms with Crippen molar-refractivity contribution in [2.24, 2.45) is 0 Å². The predicted molar refractivity (Wildman–Crippen MR) is 94.1 cm³/mol. The third kappa shape index (κ3) is 6.42. The molecule has 0 spiro atoms. The van der Waals surface area contributed by atoms with Crippen LogP contribution in [0.2, 0.25) is 5.02 Å². The van der Waals surface area contributed by atoms with E-state index in [0.717, 1.165) is 12.0 Å². The van der Waals surface area contributed by atoms with Gasteiger partial charge >= 0.3 is 0 Å². The molecule has 0 saturated carbocycles. The summed E-state index contributed by atoms with van der Waals surface area (Å²) in [5, 5.41) is 10.0. The highest BCUT2D eigenvalue weighted by molar-refractivity contribution is 7.08. The maximum absolute atomic E-state index is 11.7. The first kappa shape index (κ1) is 17.5. The fourth-order valence-electron chi connectivity index (χ4n) is 2.07. The highest BCUT2D eigenvalue weighted by atomic mass is 35.5. The van der Waals surface area contributed by atoms with Gasteiger partial charge in [-0.25, -0.2) is 0 Å². The van der Waals surface area contributed by atoms with Gasteiger partial charge in [-0.3, -0.25) is 9.59 Å². The normalized spacial score (nSPS) is 10.3. The Morgan fingerprint density at radius 2 is 2.00 bits per heavy atom. The number of rotatable bonds is 8. The van der Waals surface area contributed by atoms with Gasteiger partial charge in [-0.2, -0.15) is 11.3 Å². The molecule has 23 heavy (non-hydrogen) atoms. The molecule has 0 atom stereocenters. The number of carbonyl (C=O) groups is 2. The van der Waals surface area contributed by atoms with Gasteiger partial charge in [-0.05, 0) is 42.0 Å². The Labute approximate surface area is 144 Å². The van der Waals surface area contributed by atoms with Crippen LogP contribution in [0.25, 0.3) is 0 Å². The smallest absolute Gasteiger partial charge is 0.252 e. The summed E-state index contributed by atoms with van der Waals surface area (Å²) in [4.78, 5) is 23.4. The number of carbonyl (C=O) groups excluding carboxylic acids is 2. The molecule has 0 aliphatic heterocycles. The van der Waals surface area contributed by atoms with Crippen molar-refractivity contribution in [3.05, 3.63) is 57.2 Å². The Kier molecular flexibility index (Phi) is 7.10. The van der Waals surface area contributed by atoms with Crippen LogP contribution in [0.15, 0.2) is 41.1 Å². The van der Waals surface area contributed by atoms with Crippen molar-refractivity contribution in [1.82, 2.24) is 10.6 Å². The molecule has 0 fully saturated rings. The van der Waals surface area contributed by atoms with Crippen LogP contribution in [-0.4, -0.2) is 24.9 Å². The minimum Gasteiger partial charge on any atom is -0.356 e. The fraction of sp³-hybridized carbons (Fsp3) is 0.294. The summed E-state index contributed by atoms with van der Waals surface area (Å²) in [5.74, 6) is -0.0931. The van der Waals surface area contributed by atoms with Crippen LogP contribution in [0.5, 0.6) is 0 Å². The van der Waals surface area contributed by atoms with Crippen LogP contribution in [0.1, 0.15) is 28.8 Å². The predicted octanol–water partition coefficient (Wildman–Crippen LogP) is 3.27. The third-order valence-electron chi connectivity index (χ3n) is 3.27. The monoisotopic (exact) mass is 350 g/mol. The zero-order chi connectivity index (χ0) is 16.5. The lowest BCUT2D eigenvalue weighted by molar-refractivity contribution is -0.121. The summed E-state index contributed by atoms with van der Waals surface area (Å²) in [5.41, 5.74) is 1.77. The standard InChI is InChI=1S/C17H19ClN2O2S/c18-15-4-1-3-13(11-15)6-9-19-16(21)5-2-8-20-17(22)14-7-10-23-12-14/h1,3-4,7,10-12H,2,5-6,8-9H2,(H,19,21)(H,20,22).